The molecule has 0 N–H and O–H groups in total. The van der Waals surface area contributed by atoms with Gasteiger partial charge < -0.3 is 27.9 Å². The second-order valence-corrected chi connectivity index (χ2v) is 28.9. The first-order valence-electron chi connectivity index (χ1n) is 38.8. The van der Waals surface area contributed by atoms with Gasteiger partial charge in [-0.1, -0.05) is 335 Å². The molecule has 118 heavy (non-hydrogen) atoms. The molecular weight excluding hydrogens is 1800 g/mol. The number of fused-ring (bicyclic) bond motifs is 8. The van der Waals surface area contributed by atoms with Gasteiger partial charge in [0.25, 0.3) is 0 Å². The van der Waals surface area contributed by atoms with Crippen LogP contribution in [0.4, 0.5) is 0 Å². The van der Waals surface area contributed by atoms with Crippen LogP contribution < -0.4 is 0 Å². The van der Waals surface area contributed by atoms with E-state index in [2.05, 4.69) is 324 Å². The molecule has 560 valence electrons. The molecule has 16 aromatic carbocycles. The molecular formula is C108H66N6O2Pt2. The molecule has 6 aromatic heterocycles. The Balaban J connectivity index is 0.000000154. The van der Waals surface area contributed by atoms with Crippen molar-refractivity contribution in [3.63, 3.8) is 0 Å². The Labute approximate surface area is 710 Å². The van der Waals surface area contributed by atoms with Crippen LogP contribution in [0.3, 0.4) is 0 Å². The van der Waals surface area contributed by atoms with E-state index in [4.69, 9.17) is 23.8 Å². The maximum absolute atomic E-state index is 6.51. The first kappa shape index (κ1) is 73.9. The maximum atomic E-state index is 6.51. The third-order valence-electron chi connectivity index (χ3n) is 21.8. The van der Waals surface area contributed by atoms with Crippen molar-refractivity contribution >= 4 is 65.8 Å². The van der Waals surface area contributed by atoms with Crippen LogP contribution in [-0.4, -0.2) is 29.1 Å². The Morgan fingerprint density at radius 2 is 0.644 bits per heavy atom. The summed E-state index contributed by atoms with van der Waals surface area (Å²) in [7, 11) is 0. The number of para-hydroxylation sites is 4. The molecule has 22 rings (SSSR count). The summed E-state index contributed by atoms with van der Waals surface area (Å²) < 4.78 is 17.4. The van der Waals surface area contributed by atoms with E-state index in [1.807, 2.05) is 116 Å². The molecule has 0 unspecified atom stereocenters. The zero-order chi connectivity index (χ0) is 76.8. The Kier molecular flexibility index (Phi) is 20.2. The van der Waals surface area contributed by atoms with Crippen molar-refractivity contribution in [1.82, 2.24) is 29.1 Å². The van der Waals surface area contributed by atoms with Crippen LogP contribution in [0.2, 0.25) is 0 Å². The monoisotopic (exact) mass is 1870 g/mol. The van der Waals surface area contributed by atoms with Crippen molar-refractivity contribution in [2.75, 3.05) is 0 Å². The predicted octanol–water partition coefficient (Wildman–Crippen LogP) is 27.8. The first-order chi connectivity index (χ1) is 57.5. The predicted molar refractivity (Wildman–Crippen MR) is 473 cm³/mol. The van der Waals surface area contributed by atoms with E-state index in [-0.39, 0.29) is 42.1 Å². The van der Waals surface area contributed by atoms with E-state index in [0.29, 0.717) is 11.8 Å². The molecule has 0 fully saturated rings. The van der Waals surface area contributed by atoms with Gasteiger partial charge in [0, 0.05) is 23.4 Å². The van der Waals surface area contributed by atoms with E-state index in [9.17, 15) is 0 Å². The Morgan fingerprint density at radius 3 is 1.14 bits per heavy atom. The molecule has 0 spiro atoms. The summed E-state index contributed by atoms with van der Waals surface area (Å²) in [5.74, 6) is 1.05. The summed E-state index contributed by atoms with van der Waals surface area (Å²) in [6.07, 6.45) is 3.65. The second kappa shape index (κ2) is 32.2. The van der Waals surface area contributed by atoms with Gasteiger partial charge in [0.05, 0.1) is 11.0 Å². The van der Waals surface area contributed by atoms with Crippen molar-refractivity contribution < 1.29 is 51.0 Å². The molecule has 0 atom stereocenters. The van der Waals surface area contributed by atoms with Gasteiger partial charge in [0.15, 0.2) is 0 Å². The van der Waals surface area contributed by atoms with Gasteiger partial charge in [-0.05, 0) is 160 Å². The van der Waals surface area contributed by atoms with Gasteiger partial charge in [-0.15, -0.1) is 83.9 Å². The van der Waals surface area contributed by atoms with E-state index in [0.717, 1.165) is 166 Å². The van der Waals surface area contributed by atoms with Crippen molar-refractivity contribution in [3.05, 3.63) is 425 Å². The van der Waals surface area contributed by atoms with E-state index >= 15 is 0 Å². The number of hydrogen-bond acceptors (Lipinski definition) is 6. The molecule has 0 aliphatic carbocycles. The molecule has 0 bridgehead atoms. The molecule has 22 aromatic rings. The molecule has 0 saturated carbocycles. The van der Waals surface area contributed by atoms with Crippen LogP contribution in [0.1, 0.15) is 0 Å². The minimum atomic E-state index is 0. The van der Waals surface area contributed by atoms with Crippen LogP contribution in [0.15, 0.2) is 409 Å². The van der Waals surface area contributed by atoms with E-state index < -0.39 is 0 Å². The maximum Gasteiger partial charge on any atom is 2.00 e. The summed E-state index contributed by atoms with van der Waals surface area (Å²) in [6.45, 7) is 0. The molecule has 0 aliphatic heterocycles. The number of oxazole rings is 2. The molecule has 0 saturated heterocycles. The fraction of sp³-hybridized carbons (Fsp3) is 0. The summed E-state index contributed by atoms with van der Waals surface area (Å²) >= 11 is 0. The third-order valence-corrected chi connectivity index (χ3v) is 21.8. The second-order valence-electron chi connectivity index (χ2n) is 28.9. The SMILES string of the molecule is [Pt+2].[Pt+2].[c-]1c(-c2ccccn2)ccc(-c2ccc(-c3ccccc3)cc2)c1-n1c2[c-]c(-c3nc4ccccc4o3)ccc2c2cc(-c3ccc(-c4ccccc4)cc3)ccc21.[c-]1c(-c2ccccn2)cccc1-n1c2[c-]c(-c3nc4ccccc4o3)c(-c3ccc(-c4ccccc4)cc3)cc2c2cc(-c3ccc(-c4ccccc4)cc3)ccc21. The Hall–Kier alpha value is -14.3. The Morgan fingerprint density at radius 1 is 0.246 bits per heavy atom. The fourth-order valence-electron chi connectivity index (χ4n) is 16.0. The van der Waals surface area contributed by atoms with Gasteiger partial charge in [-0.3, -0.25) is 9.97 Å². The number of rotatable bonds is 14. The largest absolute Gasteiger partial charge is 2.00 e. The third kappa shape index (κ3) is 14.2. The normalized spacial score (nSPS) is 11.3. The number of hydrogen-bond donors (Lipinski definition) is 0. The van der Waals surface area contributed by atoms with Crippen molar-refractivity contribution in [2.24, 2.45) is 0 Å². The average molecular weight is 1870 g/mol. The number of benzene rings is 16. The molecule has 0 amide bonds. The molecule has 0 aliphatic rings. The van der Waals surface area contributed by atoms with E-state index in [1.165, 1.54) is 33.4 Å². The minimum Gasteiger partial charge on any atom is -0.481 e. The number of nitrogens with zero attached hydrogens (tertiary/aromatic N) is 6. The van der Waals surface area contributed by atoms with Crippen LogP contribution in [0.25, 0.3) is 212 Å². The van der Waals surface area contributed by atoms with Crippen molar-refractivity contribution in [1.29, 1.82) is 0 Å². The summed E-state index contributed by atoms with van der Waals surface area (Å²) in [5.41, 5.74) is 32.1. The van der Waals surface area contributed by atoms with Crippen LogP contribution in [0.5, 0.6) is 0 Å². The van der Waals surface area contributed by atoms with E-state index in [1.54, 1.807) is 0 Å². The molecule has 6 heterocycles. The Bertz CT molecular complexity index is 7310. The van der Waals surface area contributed by atoms with Crippen LogP contribution in [-0.2, 0) is 42.1 Å². The summed E-state index contributed by atoms with van der Waals surface area (Å²) in [4.78, 5) is 19.2. The topological polar surface area (TPSA) is 87.7 Å². The molecule has 0 radical (unpaired) electrons. The van der Waals surface area contributed by atoms with Crippen LogP contribution >= 0.6 is 0 Å². The summed E-state index contributed by atoms with van der Waals surface area (Å²) in [5, 5.41) is 4.36. The average Bonchev–Trinajstić information content (AvgIpc) is 1.58. The quantitative estimate of drug-likeness (QED) is 0.101. The van der Waals surface area contributed by atoms with Crippen molar-refractivity contribution in [2.45, 2.75) is 0 Å². The van der Waals surface area contributed by atoms with Gasteiger partial charge in [0.2, 0.25) is 0 Å². The van der Waals surface area contributed by atoms with Gasteiger partial charge in [0.1, 0.15) is 22.9 Å². The number of pyridine rings is 2. The molecule has 10 heteroatoms. The van der Waals surface area contributed by atoms with Gasteiger partial charge in [-0.2, -0.15) is 0 Å². The van der Waals surface area contributed by atoms with Gasteiger partial charge >= 0.3 is 42.1 Å². The fourth-order valence-corrected chi connectivity index (χ4v) is 16.0. The smallest absolute Gasteiger partial charge is 0.481 e. The zero-order valence-corrected chi connectivity index (χ0v) is 67.8. The minimum absolute atomic E-state index is 0. The van der Waals surface area contributed by atoms with Crippen molar-refractivity contribution in [3.8, 4) is 146 Å². The summed E-state index contributed by atoms with van der Waals surface area (Å²) in [6, 6.07) is 151. The first-order valence-corrected chi connectivity index (χ1v) is 38.8. The van der Waals surface area contributed by atoms with Gasteiger partial charge in [-0.25, -0.2) is 0 Å². The van der Waals surface area contributed by atoms with Crippen LogP contribution in [0, 0.1) is 24.3 Å². The number of aromatic nitrogens is 6. The zero-order valence-electron chi connectivity index (χ0n) is 63.2. The standard InChI is InChI=1S/2C54H33N3O.2Pt/c1-3-12-36(13-4-1)38-21-23-40(24-22-38)42-29-30-51-46(33-42)47-34-45(41-27-25-39(26-28-41)37-14-5-2-6-15-37)48(54-56-50-19-7-8-20-53(50)58-54)35-52(47)57(51)44-17-11-16-43(32-44)49-18-9-10-31-55-49;1-3-11-36(12-4-1)38-18-20-40(21-19-38)42-28-31-50-47(33-42)46-30-27-44(54-56-49-16-7-8-17-53(49)58-54)35-52(46)57(50)51-34-43(48-15-9-10-32-55-48)26-29-45(51)41-24-22-39(23-25-41)37-13-5-2-6-14-37;;/h1-31,33-34H;1-33H;;/q2*-2;2*+2. The molecule has 8 nitrogen and oxygen atoms in total.